The minimum absolute atomic E-state index is 0.764. The molecule has 2 aromatic carbocycles. The largest absolute Gasteiger partial charge is 0.299 e. The molecule has 0 saturated heterocycles. The van der Waals surface area contributed by atoms with Crippen molar-refractivity contribution in [3.63, 3.8) is 0 Å². The molecule has 3 aromatic rings. The summed E-state index contributed by atoms with van der Waals surface area (Å²) in [6, 6.07) is 18.7. The Morgan fingerprint density at radius 2 is 1.64 bits per heavy atom. The van der Waals surface area contributed by atoms with Crippen LogP contribution in [0.15, 0.2) is 73.1 Å². The summed E-state index contributed by atoms with van der Waals surface area (Å²) in [6.07, 6.45) is 9.94. The zero-order valence-corrected chi connectivity index (χ0v) is 16.9. The third-order valence-corrected chi connectivity index (χ3v) is 5.61. The molecule has 1 aliphatic heterocycles. The number of aromatic nitrogens is 2. The van der Waals surface area contributed by atoms with Crippen LogP contribution in [0.2, 0.25) is 5.02 Å². The molecule has 144 valence electrons. The van der Waals surface area contributed by atoms with Gasteiger partial charge in [0.2, 0.25) is 0 Å². The van der Waals surface area contributed by atoms with E-state index in [9.17, 15) is 0 Å². The molecule has 1 aliphatic rings. The summed E-state index contributed by atoms with van der Waals surface area (Å²) in [6.45, 7) is 4.34. The predicted molar refractivity (Wildman–Crippen MR) is 117 cm³/mol. The maximum atomic E-state index is 5.96. The van der Waals surface area contributed by atoms with Crippen LogP contribution in [0.4, 0.5) is 0 Å². The monoisotopic (exact) mass is 391 g/mol. The Morgan fingerprint density at radius 3 is 2.39 bits per heavy atom. The second-order valence-electron chi connectivity index (χ2n) is 7.35. The molecule has 0 fully saturated rings. The van der Waals surface area contributed by atoms with Crippen LogP contribution in [0, 0.1) is 0 Å². The minimum atomic E-state index is 0.764. The van der Waals surface area contributed by atoms with Crippen LogP contribution in [0.25, 0.3) is 16.7 Å². The second kappa shape index (κ2) is 9.22. The number of halogens is 1. The highest BCUT2D eigenvalue weighted by Gasteiger charge is 2.12. The number of aryl methyl sites for hydroxylation is 1. The van der Waals surface area contributed by atoms with Gasteiger partial charge >= 0.3 is 0 Å². The summed E-state index contributed by atoms with van der Waals surface area (Å²) >= 11 is 5.96. The van der Waals surface area contributed by atoms with Crippen LogP contribution in [0.5, 0.6) is 0 Å². The number of hydrogen-bond acceptors (Lipinski definition) is 2. The van der Waals surface area contributed by atoms with Gasteiger partial charge in [-0.3, -0.25) is 9.58 Å². The fraction of sp³-hybridized carbons (Fsp3) is 0.292. The van der Waals surface area contributed by atoms with E-state index < -0.39 is 0 Å². The van der Waals surface area contributed by atoms with Gasteiger partial charge in [0.25, 0.3) is 0 Å². The van der Waals surface area contributed by atoms with E-state index in [1.807, 2.05) is 35.1 Å². The maximum Gasteiger partial charge on any atom is 0.0568 e. The Labute approximate surface area is 172 Å². The molecule has 1 aromatic heterocycles. The normalized spacial score (nSPS) is 14.8. The van der Waals surface area contributed by atoms with E-state index in [4.69, 9.17) is 11.6 Å². The van der Waals surface area contributed by atoms with Crippen molar-refractivity contribution in [1.82, 2.24) is 14.7 Å². The Morgan fingerprint density at radius 1 is 0.857 bits per heavy atom. The third-order valence-electron chi connectivity index (χ3n) is 5.36. The molecular weight excluding hydrogens is 366 g/mol. The van der Waals surface area contributed by atoms with Gasteiger partial charge in [0.15, 0.2) is 0 Å². The molecule has 0 bridgehead atoms. The van der Waals surface area contributed by atoms with Crippen molar-refractivity contribution in [1.29, 1.82) is 0 Å². The molecule has 0 radical (unpaired) electrons. The molecule has 2 heterocycles. The molecule has 4 heteroatoms. The van der Waals surface area contributed by atoms with Crippen LogP contribution in [-0.4, -0.2) is 34.3 Å². The molecule has 3 nitrogen and oxygen atoms in total. The van der Waals surface area contributed by atoms with E-state index in [-0.39, 0.29) is 0 Å². The molecule has 0 amide bonds. The van der Waals surface area contributed by atoms with E-state index in [1.54, 1.807) is 0 Å². The van der Waals surface area contributed by atoms with Gasteiger partial charge in [-0.15, -0.1) is 0 Å². The van der Waals surface area contributed by atoms with Crippen molar-refractivity contribution >= 4 is 17.2 Å². The summed E-state index contributed by atoms with van der Waals surface area (Å²) in [4.78, 5) is 2.55. The van der Waals surface area contributed by atoms with E-state index in [1.165, 1.54) is 17.6 Å². The highest BCUT2D eigenvalue weighted by atomic mass is 35.5. The Bertz CT molecular complexity index is 913. The predicted octanol–water partition coefficient (Wildman–Crippen LogP) is 5.77. The van der Waals surface area contributed by atoms with Gasteiger partial charge in [-0.05, 0) is 54.6 Å². The van der Waals surface area contributed by atoms with Gasteiger partial charge in [-0.25, -0.2) is 0 Å². The molecule has 0 N–H and O–H groups in total. The van der Waals surface area contributed by atoms with Crippen LogP contribution in [0.1, 0.15) is 24.8 Å². The SMILES string of the molecule is Clc1ccc(-c2cnn(CCCCN3CC=C(c4ccccc4)CC3)c2)cc1. The maximum absolute atomic E-state index is 5.96. The first-order valence-electron chi connectivity index (χ1n) is 10.0. The topological polar surface area (TPSA) is 21.1 Å². The highest BCUT2D eigenvalue weighted by molar-refractivity contribution is 6.30. The van der Waals surface area contributed by atoms with E-state index in [0.717, 1.165) is 55.2 Å². The number of benzene rings is 2. The van der Waals surface area contributed by atoms with Crippen molar-refractivity contribution in [3.8, 4) is 11.1 Å². The van der Waals surface area contributed by atoms with Gasteiger partial charge in [0.05, 0.1) is 6.20 Å². The fourth-order valence-corrected chi connectivity index (χ4v) is 3.84. The van der Waals surface area contributed by atoms with E-state index in [0.29, 0.717) is 0 Å². The Hall–Kier alpha value is -2.36. The summed E-state index contributed by atoms with van der Waals surface area (Å²) in [5, 5.41) is 5.27. The zero-order valence-electron chi connectivity index (χ0n) is 16.1. The average Bonchev–Trinajstić information content (AvgIpc) is 3.22. The summed E-state index contributed by atoms with van der Waals surface area (Å²) in [5.41, 5.74) is 5.16. The molecule has 4 rings (SSSR count). The summed E-state index contributed by atoms with van der Waals surface area (Å²) < 4.78 is 2.05. The first-order valence-corrected chi connectivity index (χ1v) is 10.4. The zero-order chi connectivity index (χ0) is 19.2. The van der Waals surface area contributed by atoms with Crippen molar-refractivity contribution in [2.75, 3.05) is 19.6 Å². The van der Waals surface area contributed by atoms with Crippen LogP contribution in [-0.2, 0) is 6.54 Å². The van der Waals surface area contributed by atoms with Crippen LogP contribution < -0.4 is 0 Å². The first-order chi connectivity index (χ1) is 13.8. The van der Waals surface area contributed by atoms with Gasteiger partial charge in [-0.1, -0.05) is 60.1 Å². The quantitative estimate of drug-likeness (QED) is 0.476. The lowest BCUT2D eigenvalue weighted by Crippen LogP contribution is -2.29. The highest BCUT2D eigenvalue weighted by Crippen LogP contribution is 2.23. The van der Waals surface area contributed by atoms with Crippen molar-refractivity contribution < 1.29 is 0 Å². The van der Waals surface area contributed by atoms with Gasteiger partial charge < -0.3 is 0 Å². The van der Waals surface area contributed by atoms with Crippen LogP contribution in [0.3, 0.4) is 0 Å². The number of nitrogens with zero attached hydrogens (tertiary/aromatic N) is 3. The molecule has 0 aliphatic carbocycles. The van der Waals surface area contributed by atoms with Gasteiger partial charge in [-0.2, -0.15) is 5.10 Å². The van der Waals surface area contributed by atoms with Crippen molar-refractivity contribution in [2.45, 2.75) is 25.8 Å². The minimum Gasteiger partial charge on any atom is -0.299 e. The molecule has 0 unspecified atom stereocenters. The lowest BCUT2D eigenvalue weighted by Gasteiger charge is -2.26. The standard InChI is InChI=1S/C24H26ClN3/c25-24-10-8-21(9-11-24)23-18-26-28(19-23)15-5-4-14-27-16-12-22(13-17-27)20-6-2-1-3-7-20/h1-3,6-12,18-19H,4-5,13-17H2. The summed E-state index contributed by atoms with van der Waals surface area (Å²) in [5.74, 6) is 0. The second-order valence-corrected chi connectivity index (χ2v) is 7.79. The van der Waals surface area contributed by atoms with Gasteiger partial charge in [0, 0.05) is 36.4 Å². The molecule has 0 atom stereocenters. The molecular formula is C24H26ClN3. The van der Waals surface area contributed by atoms with Crippen molar-refractivity contribution in [3.05, 3.63) is 83.7 Å². The average molecular weight is 392 g/mol. The van der Waals surface area contributed by atoms with Crippen LogP contribution >= 0.6 is 11.6 Å². The number of unbranched alkanes of at least 4 members (excludes halogenated alkanes) is 1. The number of hydrogen-bond donors (Lipinski definition) is 0. The van der Waals surface area contributed by atoms with Gasteiger partial charge in [0.1, 0.15) is 0 Å². The molecule has 0 spiro atoms. The smallest absolute Gasteiger partial charge is 0.0568 e. The third kappa shape index (κ3) is 4.92. The fourth-order valence-electron chi connectivity index (χ4n) is 3.72. The molecule has 28 heavy (non-hydrogen) atoms. The summed E-state index contributed by atoms with van der Waals surface area (Å²) in [7, 11) is 0. The lowest BCUT2D eigenvalue weighted by atomic mass is 9.99. The lowest BCUT2D eigenvalue weighted by molar-refractivity contribution is 0.291. The van der Waals surface area contributed by atoms with E-state index in [2.05, 4.69) is 52.6 Å². The molecule has 0 saturated carbocycles. The van der Waals surface area contributed by atoms with Crippen molar-refractivity contribution in [2.24, 2.45) is 0 Å². The Balaban J connectivity index is 1.21. The van der Waals surface area contributed by atoms with E-state index >= 15 is 0 Å². The number of rotatable bonds is 7. The Kier molecular flexibility index (Phi) is 6.25. The first kappa shape index (κ1) is 19.0.